The van der Waals surface area contributed by atoms with Gasteiger partial charge in [0.1, 0.15) is 0 Å². The molecule has 1 aliphatic carbocycles. The summed E-state index contributed by atoms with van der Waals surface area (Å²) in [6.45, 7) is 6.63. The summed E-state index contributed by atoms with van der Waals surface area (Å²) in [6, 6.07) is 13.9. The molecule has 2 aromatic rings. The van der Waals surface area contributed by atoms with E-state index in [0.717, 1.165) is 0 Å². The lowest BCUT2D eigenvalue weighted by Gasteiger charge is -2.26. The van der Waals surface area contributed by atoms with E-state index in [1.165, 1.54) is 36.0 Å². The summed E-state index contributed by atoms with van der Waals surface area (Å²) >= 11 is 0. The fraction of sp³-hybridized carbons (Fsp3) is 0.368. The standard InChI is InChI=1S/C19H22/c1-13-5-9-19(15(3)10-13)17-8-7-16-6-4-14(2)11-18(16)12-17/h4-6,9-11,17H,7-8,12H2,1-3H3. The lowest BCUT2D eigenvalue weighted by atomic mass is 9.78. The number of rotatable bonds is 1. The second-order valence-corrected chi connectivity index (χ2v) is 6.07. The molecule has 0 spiro atoms. The van der Waals surface area contributed by atoms with Crippen molar-refractivity contribution in [3.05, 3.63) is 69.8 Å². The third-order valence-electron chi connectivity index (χ3n) is 4.46. The zero-order chi connectivity index (χ0) is 13.4. The average Bonchev–Trinajstić information content (AvgIpc) is 2.38. The predicted octanol–water partition coefficient (Wildman–Crippen LogP) is 4.88. The van der Waals surface area contributed by atoms with E-state index in [4.69, 9.17) is 0 Å². The molecule has 1 atom stereocenters. The highest BCUT2D eigenvalue weighted by molar-refractivity contribution is 5.39. The molecule has 0 fully saturated rings. The molecule has 0 aromatic heterocycles. The summed E-state index contributed by atoms with van der Waals surface area (Å²) in [5.41, 5.74) is 8.90. The van der Waals surface area contributed by atoms with Crippen LogP contribution in [-0.2, 0) is 12.8 Å². The Bertz CT molecular complexity index is 607. The van der Waals surface area contributed by atoms with Gasteiger partial charge in [-0.05, 0) is 68.2 Å². The maximum Gasteiger partial charge on any atom is -0.0116 e. The molecule has 0 heterocycles. The topological polar surface area (TPSA) is 0 Å². The van der Waals surface area contributed by atoms with E-state index in [0.29, 0.717) is 5.92 Å². The van der Waals surface area contributed by atoms with Gasteiger partial charge in [0.2, 0.25) is 0 Å². The van der Waals surface area contributed by atoms with Gasteiger partial charge in [-0.25, -0.2) is 0 Å². The molecule has 0 radical (unpaired) electrons. The first-order chi connectivity index (χ1) is 9.13. The van der Waals surface area contributed by atoms with Crippen LogP contribution in [0.3, 0.4) is 0 Å². The van der Waals surface area contributed by atoms with E-state index >= 15 is 0 Å². The fourth-order valence-corrected chi connectivity index (χ4v) is 3.44. The Balaban J connectivity index is 1.93. The molecule has 0 N–H and O–H groups in total. The molecule has 1 aliphatic rings. The summed E-state index contributed by atoms with van der Waals surface area (Å²) < 4.78 is 0. The molecule has 2 aromatic carbocycles. The predicted molar refractivity (Wildman–Crippen MR) is 81.9 cm³/mol. The van der Waals surface area contributed by atoms with Crippen LogP contribution in [0.25, 0.3) is 0 Å². The molecule has 0 aliphatic heterocycles. The van der Waals surface area contributed by atoms with Gasteiger partial charge in [0.25, 0.3) is 0 Å². The molecular weight excluding hydrogens is 228 g/mol. The van der Waals surface area contributed by atoms with E-state index in [9.17, 15) is 0 Å². The lowest BCUT2D eigenvalue weighted by Crippen LogP contribution is -2.14. The molecule has 0 bridgehead atoms. The van der Waals surface area contributed by atoms with Gasteiger partial charge in [0.15, 0.2) is 0 Å². The number of hydrogen-bond donors (Lipinski definition) is 0. The van der Waals surface area contributed by atoms with Crippen molar-refractivity contribution in [2.75, 3.05) is 0 Å². The maximum atomic E-state index is 2.38. The van der Waals surface area contributed by atoms with Crippen molar-refractivity contribution in [2.45, 2.75) is 46.0 Å². The van der Waals surface area contributed by atoms with E-state index < -0.39 is 0 Å². The van der Waals surface area contributed by atoms with Gasteiger partial charge in [-0.1, -0.05) is 47.5 Å². The molecule has 0 amide bonds. The highest BCUT2D eigenvalue weighted by atomic mass is 14.3. The maximum absolute atomic E-state index is 2.38. The van der Waals surface area contributed by atoms with Crippen LogP contribution < -0.4 is 0 Å². The van der Waals surface area contributed by atoms with Crippen LogP contribution in [0.5, 0.6) is 0 Å². The molecule has 0 heteroatoms. The first kappa shape index (κ1) is 12.5. The van der Waals surface area contributed by atoms with Gasteiger partial charge < -0.3 is 0 Å². The van der Waals surface area contributed by atoms with Crippen LogP contribution in [0, 0.1) is 20.8 Å². The van der Waals surface area contributed by atoms with Crippen LogP contribution in [0.15, 0.2) is 36.4 Å². The van der Waals surface area contributed by atoms with Crippen LogP contribution in [-0.4, -0.2) is 0 Å². The number of fused-ring (bicyclic) bond motifs is 1. The van der Waals surface area contributed by atoms with Crippen molar-refractivity contribution in [1.29, 1.82) is 0 Å². The molecule has 19 heavy (non-hydrogen) atoms. The Kier molecular flexibility index (Phi) is 3.18. The second kappa shape index (κ2) is 4.85. The average molecular weight is 250 g/mol. The Hall–Kier alpha value is -1.56. The minimum Gasteiger partial charge on any atom is -0.0590 e. The van der Waals surface area contributed by atoms with Crippen molar-refractivity contribution in [3.63, 3.8) is 0 Å². The molecule has 0 saturated carbocycles. The Morgan fingerprint density at radius 1 is 0.842 bits per heavy atom. The Morgan fingerprint density at radius 3 is 2.37 bits per heavy atom. The van der Waals surface area contributed by atoms with Crippen molar-refractivity contribution in [3.8, 4) is 0 Å². The minimum atomic E-state index is 0.704. The highest BCUT2D eigenvalue weighted by Gasteiger charge is 2.21. The zero-order valence-corrected chi connectivity index (χ0v) is 12.2. The van der Waals surface area contributed by atoms with Crippen molar-refractivity contribution in [2.24, 2.45) is 0 Å². The van der Waals surface area contributed by atoms with Crippen LogP contribution in [0.2, 0.25) is 0 Å². The van der Waals surface area contributed by atoms with E-state index in [1.54, 1.807) is 16.7 Å². The smallest absolute Gasteiger partial charge is 0.0116 e. The van der Waals surface area contributed by atoms with Crippen LogP contribution in [0.4, 0.5) is 0 Å². The SMILES string of the molecule is Cc1ccc(C2CCc3ccc(C)cc3C2)c(C)c1. The molecule has 98 valence electrons. The second-order valence-electron chi connectivity index (χ2n) is 6.07. The van der Waals surface area contributed by atoms with Crippen LogP contribution >= 0.6 is 0 Å². The first-order valence-corrected chi connectivity index (χ1v) is 7.29. The molecule has 0 nitrogen and oxygen atoms in total. The Labute approximate surface area is 116 Å². The molecular formula is C19H22. The van der Waals surface area contributed by atoms with Crippen molar-refractivity contribution in [1.82, 2.24) is 0 Å². The monoisotopic (exact) mass is 250 g/mol. The van der Waals surface area contributed by atoms with E-state index in [-0.39, 0.29) is 0 Å². The lowest BCUT2D eigenvalue weighted by molar-refractivity contribution is 0.582. The number of benzene rings is 2. The van der Waals surface area contributed by atoms with Gasteiger partial charge in [0.05, 0.1) is 0 Å². The van der Waals surface area contributed by atoms with Gasteiger partial charge in [-0.3, -0.25) is 0 Å². The van der Waals surface area contributed by atoms with Gasteiger partial charge in [0, 0.05) is 0 Å². The Morgan fingerprint density at radius 2 is 1.58 bits per heavy atom. The summed E-state index contributed by atoms with van der Waals surface area (Å²) in [7, 11) is 0. The van der Waals surface area contributed by atoms with Crippen molar-refractivity contribution < 1.29 is 0 Å². The van der Waals surface area contributed by atoms with E-state index in [1.807, 2.05) is 0 Å². The summed E-state index contributed by atoms with van der Waals surface area (Å²) in [5.74, 6) is 0.704. The normalized spacial score (nSPS) is 18.2. The van der Waals surface area contributed by atoms with Gasteiger partial charge in [-0.2, -0.15) is 0 Å². The number of aryl methyl sites for hydroxylation is 4. The molecule has 0 saturated heterocycles. The third kappa shape index (κ3) is 2.45. The van der Waals surface area contributed by atoms with Crippen LogP contribution in [0.1, 0.15) is 45.7 Å². The van der Waals surface area contributed by atoms with Gasteiger partial charge >= 0.3 is 0 Å². The molecule has 3 rings (SSSR count). The highest BCUT2D eigenvalue weighted by Crippen LogP contribution is 2.34. The summed E-state index contributed by atoms with van der Waals surface area (Å²) in [4.78, 5) is 0. The first-order valence-electron chi connectivity index (χ1n) is 7.29. The third-order valence-corrected chi connectivity index (χ3v) is 4.46. The van der Waals surface area contributed by atoms with E-state index in [2.05, 4.69) is 57.2 Å². The number of hydrogen-bond acceptors (Lipinski definition) is 0. The van der Waals surface area contributed by atoms with Crippen molar-refractivity contribution >= 4 is 0 Å². The summed E-state index contributed by atoms with van der Waals surface area (Å²) in [5, 5.41) is 0. The zero-order valence-electron chi connectivity index (χ0n) is 12.2. The largest absolute Gasteiger partial charge is 0.0590 e. The van der Waals surface area contributed by atoms with Gasteiger partial charge in [-0.15, -0.1) is 0 Å². The molecule has 1 unspecified atom stereocenters. The quantitative estimate of drug-likeness (QED) is 0.676. The fourth-order valence-electron chi connectivity index (χ4n) is 3.44. The minimum absolute atomic E-state index is 0.704. The summed E-state index contributed by atoms with van der Waals surface area (Å²) in [6.07, 6.45) is 3.73.